The van der Waals surface area contributed by atoms with E-state index in [0.29, 0.717) is 18.3 Å². The maximum atomic E-state index is 12.6. The molecule has 1 aromatic carbocycles. The first kappa shape index (κ1) is 15.0. The summed E-state index contributed by atoms with van der Waals surface area (Å²) in [5.74, 6) is 1.09. The summed E-state index contributed by atoms with van der Waals surface area (Å²) in [6.07, 6.45) is 10.9. The molecule has 2 aliphatic heterocycles. The quantitative estimate of drug-likeness (QED) is 0.797. The van der Waals surface area contributed by atoms with Crippen molar-refractivity contribution in [3.63, 3.8) is 0 Å². The summed E-state index contributed by atoms with van der Waals surface area (Å²) in [5.41, 5.74) is 2.03. The summed E-state index contributed by atoms with van der Waals surface area (Å²) >= 11 is 0. The molecular weight excluding hydrogens is 300 g/mol. The zero-order valence-corrected chi connectivity index (χ0v) is 13.6. The zero-order chi connectivity index (χ0) is 16.4. The molecule has 5 heteroatoms. The lowest BCUT2D eigenvalue weighted by molar-refractivity contribution is -0.122. The SMILES string of the molecule is O=C(N=C1N=C2N=CC=CN2Cc2ccccc21)C1CCCCC1. The molecule has 2 heterocycles. The number of fused-ring (bicyclic) bond motifs is 2. The fraction of sp³-hybridized carbons (Fsp3) is 0.368. The van der Waals surface area contributed by atoms with Crippen LogP contribution in [0.25, 0.3) is 0 Å². The van der Waals surface area contributed by atoms with E-state index >= 15 is 0 Å². The Morgan fingerprint density at radius 2 is 2.00 bits per heavy atom. The number of nitrogens with zero attached hydrogens (tertiary/aromatic N) is 4. The van der Waals surface area contributed by atoms with Gasteiger partial charge in [0.1, 0.15) is 0 Å². The van der Waals surface area contributed by atoms with Crippen LogP contribution in [0.2, 0.25) is 0 Å². The lowest BCUT2D eigenvalue weighted by Crippen LogP contribution is -2.25. The summed E-state index contributed by atoms with van der Waals surface area (Å²) < 4.78 is 0. The average Bonchev–Trinajstić information content (AvgIpc) is 2.79. The van der Waals surface area contributed by atoms with Gasteiger partial charge in [0.05, 0.1) is 6.54 Å². The summed E-state index contributed by atoms with van der Waals surface area (Å²) in [5, 5.41) is 0. The third-order valence-electron chi connectivity index (χ3n) is 4.77. The minimum absolute atomic E-state index is 0.0346. The van der Waals surface area contributed by atoms with E-state index in [-0.39, 0.29) is 11.8 Å². The molecule has 1 amide bonds. The highest BCUT2D eigenvalue weighted by Gasteiger charge is 2.24. The number of carbonyl (C=O) groups excluding carboxylic acids is 1. The second-order valence-electron chi connectivity index (χ2n) is 6.43. The standard InChI is InChI=1S/C19H20N4O/c24-18(14-7-2-1-3-8-14)21-17-16-10-5-4-9-15(16)13-23-12-6-11-20-19(23)22-17/h4-6,9-12,14H,1-3,7-8,13H2. The molecule has 122 valence electrons. The highest BCUT2D eigenvalue weighted by molar-refractivity contribution is 6.13. The van der Waals surface area contributed by atoms with Gasteiger partial charge in [0.2, 0.25) is 5.96 Å². The summed E-state index contributed by atoms with van der Waals surface area (Å²) in [4.78, 5) is 28.0. The van der Waals surface area contributed by atoms with E-state index in [1.54, 1.807) is 6.21 Å². The molecule has 1 aromatic rings. The number of hydrogen-bond acceptors (Lipinski definition) is 3. The smallest absolute Gasteiger partial charge is 0.250 e. The Bertz CT molecular complexity index is 769. The molecule has 1 saturated carbocycles. The molecule has 1 aliphatic carbocycles. The van der Waals surface area contributed by atoms with Gasteiger partial charge in [0.25, 0.3) is 5.91 Å². The van der Waals surface area contributed by atoms with Crippen molar-refractivity contribution in [1.82, 2.24) is 4.90 Å². The Balaban J connectivity index is 1.73. The molecule has 4 rings (SSSR count). The molecule has 0 spiro atoms. The maximum Gasteiger partial charge on any atom is 0.250 e. The number of amidine groups is 1. The van der Waals surface area contributed by atoms with Crippen molar-refractivity contribution in [1.29, 1.82) is 0 Å². The second kappa shape index (κ2) is 6.51. The van der Waals surface area contributed by atoms with Crippen molar-refractivity contribution in [2.45, 2.75) is 38.6 Å². The minimum atomic E-state index is -0.0346. The number of benzene rings is 1. The minimum Gasteiger partial charge on any atom is -0.313 e. The number of allylic oxidation sites excluding steroid dienone is 1. The Kier molecular flexibility index (Phi) is 4.07. The van der Waals surface area contributed by atoms with Crippen LogP contribution in [0.15, 0.2) is 51.5 Å². The van der Waals surface area contributed by atoms with Crippen molar-refractivity contribution < 1.29 is 4.79 Å². The largest absolute Gasteiger partial charge is 0.313 e. The van der Waals surface area contributed by atoms with Crippen LogP contribution in [0, 0.1) is 5.92 Å². The number of hydrogen-bond donors (Lipinski definition) is 0. The molecule has 0 bridgehead atoms. The molecule has 5 nitrogen and oxygen atoms in total. The molecule has 0 saturated heterocycles. The molecule has 0 unspecified atom stereocenters. The van der Waals surface area contributed by atoms with E-state index < -0.39 is 0 Å². The van der Waals surface area contributed by atoms with Crippen LogP contribution in [0.5, 0.6) is 0 Å². The van der Waals surface area contributed by atoms with Crippen LogP contribution in [0.4, 0.5) is 0 Å². The molecular formula is C19H20N4O. The maximum absolute atomic E-state index is 12.6. The van der Waals surface area contributed by atoms with E-state index in [4.69, 9.17) is 0 Å². The number of carbonyl (C=O) groups is 1. The van der Waals surface area contributed by atoms with Gasteiger partial charge in [-0.15, -0.1) is 0 Å². The number of aliphatic imine (C=N–C) groups is 3. The van der Waals surface area contributed by atoms with Gasteiger partial charge in [-0.3, -0.25) is 4.79 Å². The normalized spacial score (nSPS) is 21.9. The Morgan fingerprint density at radius 1 is 1.17 bits per heavy atom. The molecule has 0 N–H and O–H groups in total. The van der Waals surface area contributed by atoms with Gasteiger partial charge in [0.15, 0.2) is 5.84 Å². The number of amides is 1. The molecule has 1 fully saturated rings. The predicted molar refractivity (Wildman–Crippen MR) is 95.2 cm³/mol. The summed E-state index contributed by atoms with van der Waals surface area (Å²) in [6.45, 7) is 0.680. The average molecular weight is 320 g/mol. The van der Waals surface area contributed by atoms with Crippen LogP contribution in [0.1, 0.15) is 43.2 Å². The van der Waals surface area contributed by atoms with Gasteiger partial charge >= 0.3 is 0 Å². The predicted octanol–water partition coefficient (Wildman–Crippen LogP) is 3.31. The monoisotopic (exact) mass is 320 g/mol. The molecule has 0 atom stereocenters. The van der Waals surface area contributed by atoms with E-state index in [2.05, 4.69) is 21.0 Å². The third-order valence-corrected chi connectivity index (χ3v) is 4.77. The number of guanidine groups is 1. The van der Waals surface area contributed by atoms with Crippen LogP contribution < -0.4 is 0 Å². The molecule has 0 aromatic heterocycles. The van der Waals surface area contributed by atoms with E-state index in [0.717, 1.165) is 36.8 Å². The van der Waals surface area contributed by atoms with Gasteiger partial charge < -0.3 is 4.90 Å². The fourth-order valence-electron chi connectivity index (χ4n) is 3.45. The zero-order valence-electron chi connectivity index (χ0n) is 13.6. The van der Waals surface area contributed by atoms with E-state index in [1.807, 2.05) is 35.4 Å². The van der Waals surface area contributed by atoms with E-state index in [1.165, 1.54) is 6.42 Å². The van der Waals surface area contributed by atoms with Crippen LogP contribution in [-0.4, -0.2) is 28.8 Å². The first-order valence-corrected chi connectivity index (χ1v) is 8.58. The Labute approximate surface area is 141 Å². The van der Waals surface area contributed by atoms with E-state index in [9.17, 15) is 4.79 Å². The highest BCUT2D eigenvalue weighted by Crippen LogP contribution is 2.26. The third kappa shape index (κ3) is 2.94. The highest BCUT2D eigenvalue weighted by atomic mass is 16.1. The first-order valence-electron chi connectivity index (χ1n) is 8.58. The summed E-state index contributed by atoms with van der Waals surface area (Å²) in [7, 11) is 0. The lowest BCUT2D eigenvalue weighted by Gasteiger charge is -2.19. The molecule has 3 aliphatic rings. The first-order chi connectivity index (χ1) is 11.8. The van der Waals surface area contributed by atoms with Gasteiger partial charge in [-0.1, -0.05) is 43.5 Å². The van der Waals surface area contributed by atoms with Crippen LogP contribution in [-0.2, 0) is 11.3 Å². The van der Waals surface area contributed by atoms with Crippen molar-refractivity contribution in [2.24, 2.45) is 20.9 Å². The van der Waals surface area contributed by atoms with Crippen molar-refractivity contribution in [3.8, 4) is 0 Å². The van der Waals surface area contributed by atoms with Crippen LogP contribution in [0.3, 0.4) is 0 Å². The van der Waals surface area contributed by atoms with Crippen molar-refractivity contribution in [3.05, 3.63) is 47.7 Å². The summed E-state index contributed by atoms with van der Waals surface area (Å²) in [6, 6.07) is 8.00. The Hall–Kier alpha value is -2.56. The Morgan fingerprint density at radius 3 is 2.88 bits per heavy atom. The fourth-order valence-corrected chi connectivity index (χ4v) is 3.45. The van der Waals surface area contributed by atoms with Crippen LogP contribution >= 0.6 is 0 Å². The topological polar surface area (TPSA) is 57.4 Å². The van der Waals surface area contributed by atoms with Gasteiger partial charge in [0, 0.05) is 23.9 Å². The molecule has 0 radical (unpaired) electrons. The van der Waals surface area contributed by atoms with Crippen molar-refractivity contribution >= 4 is 23.9 Å². The van der Waals surface area contributed by atoms with Gasteiger partial charge in [-0.25, -0.2) is 4.99 Å². The number of rotatable bonds is 1. The second-order valence-corrected chi connectivity index (χ2v) is 6.43. The molecule has 24 heavy (non-hydrogen) atoms. The van der Waals surface area contributed by atoms with Gasteiger partial charge in [-0.05, 0) is 24.5 Å². The van der Waals surface area contributed by atoms with Gasteiger partial charge in [-0.2, -0.15) is 9.98 Å². The van der Waals surface area contributed by atoms with Crippen molar-refractivity contribution in [2.75, 3.05) is 0 Å². The lowest BCUT2D eigenvalue weighted by atomic mass is 9.89.